The molecule has 0 aromatic heterocycles. The van der Waals surface area contributed by atoms with Gasteiger partial charge in [0.2, 0.25) is 0 Å². The second-order valence-electron chi connectivity index (χ2n) is 9.35. The number of aliphatic hydroxyl groups excluding tert-OH is 1. The highest BCUT2D eigenvalue weighted by atomic mass is 19.1. The van der Waals surface area contributed by atoms with Gasteiger partial charge in [-0.05, 0) is 55.7 Å². The third-order valence-corrected chi connectivity index (χ3v) is 5.35. The van der Waals surface area contributed by atoms with Gasteiger partial charge in [0.05, 0.1) is 17.7 Å². The van der Waals surface area contributed by atoms with Crippen LogP contribution >= 0.6 is 0 Å². The summed E-state index contributed by atoms with van der Waals surface area (Å²) in [5.41, 5.74) is 0.910. The molecule has 0 saturated carbocycles. The molecule has 1 unspecified atom stereocenters. The third-order valence-electron chi connectivity index (χ3n) is 5.35. The van der Waals surface area contributed by atoms with Gasteiger partial charge in [-0.15, -0.1) is 0 Å². The van der Waals surface area contributed by atoms with Crippen LogP contribution in [-0.2, 0) is 16.0 Å². The highest BCUT2D eigenvalue weighted by molar-refractivity contribution is 6.10. The van der Waals surface area contributed by atoms with Crippen LogP contribution < -0.4 is 4.74 Å². The van der Waals surface area contributed by atoms with Crippen LogP contribution in [0.2, 0.25) is 0 Å². The molecule has 1 aliphatic rings. The fourth-order valence-corrected chi connectivity index (χ4v) is 3.77. The van der Waals surface area contributed by atoms with Gasteiger partial charge in [0.1, 0.15) is 11.6 Å². The molecule has 0 aliphatic carbocycles. The van der Waals surface area contributed by atoms with Gasteiger partial charge in [0.25, 0.3) is 5.91 Å². The zero-order valence-electron chi connectivity index (χ0n) is 19.2. The Morgan fingerprint density at radius 2 is 1.69 bits per heavy atom. The van der Waals surface area contributed by atoms with E-state index in [0.29, 0.717) is 17.7 Å². The van der Waals surface area contributed by atoms with Gasteiger partial charge in [-0.3, -0.25) is 9.59 Å². The van der Waals surface area contributed by atoms with E-state index >= 15 is 0 Å². The molecule has 3 rings (SSSR count). The Morgan fingerprint density at radius 1 is 1.09 bits per heavy atom. The van der Waals surface area contributed by atoms with Crippen molar-refractivity contribution < 1.29 is 23.8 Å². The number of amides is 1. The lowest BCUT2D eigenvalue weighted by Crippen LogP contribution is -2.34. The molecule has 0 radical (unpaired) electrons. The van der Waals surface area contributed by atoms with Crippen molar-refractivity contribution in [3.63, 3.8) is 0 Å². The molecule has 1 amide bonds. The molecule has 1 atom stereocenters. The van der Waals surface area contributed by atoms with E-state index in [-0.39, 0.29) is 29.8 Å². The van der Waals surface area contributed by atoms with E-state index < -0.39 is 23.1 Å². The van der Waals surface area contributed by atoms with E-state index in [0.717, 1.165) is 5.56 Å². The topological polar surface area (TPSA) is 66.8 Å². The number of halogens is 1. The summed E-state index contributed by atoms with van der Waals surface area (Å²) in [6.45, 7) is 9.42. The largest absolute Gasteiger partial charge is 0.503 e. The maximum absolute atomic E-state index is 13.2. The fraction of sp³-hybridized carbons (Fsp3) is 0.385. The van der Waals surface area contributed by atoms with Crippen molar-refractivity contribution in [1.82, 2.24) is 4.90 Å². The van der Waals surface area contributed by atoms with Crippen LogP contribution in [0, 0.1) is 11.2 Å². The van der Waals surface area contributed by atoms with Crippen molar-refractivity contribution in [2.75, 3.05) is 6.54 Å². The van der Waals surface area contributed by atoms with E-state index in [1.54, 1.807) is 45.0 Å². The molecule has 0 fully saturated rings. The van der Waals surface area contributed by atoms with Crippen LogP contribution in [0.5, 0.6) is 5.75 Å². The quantitative estimate of drug-likeness (QED) is 0.647. The lowest BCUT2D eigenvalue weighted by atomic mass is 9.82. The van der Waals surface area contributed by atoms with Crippen LogP contribution in [0.15, 0.2) is 59.9 Å². The van der Waals surface area contributed by atoms with Gasteiger partial charge in [-0.25, -0.2) is 4.39 Å². The molecule has 2 aromatic carbocycles. The zero-order chi connectivity index (χ0) is 23.6. The molecule has 2 aromatic rings. The molecule has 0 spiro atoms. The second kappa shape index (κ2) is 9.15. The summed E-state index contributed by atoms with van der Waals surface area (Å²) < 4.78 is 18.9. The Balaban J connectivity index is 1.96. The standard InChI is InChI=1S/C26H30FNO4/c1-16(2)32-20-12-8-18(9-13-20)22-21(24(30)26(3,4)5)23(29)25(31)28(22)15-14-17-6-10-19(27)11-7-17/h6-13,16,22,29H,14-15H2,1-5H3. The minimum absolute atomic E-state index is 0.0167. The number of ketones is 1. The molecular weight excluding hydrogens is 409 g/mol. The Bertz CT molecular complexity index is 1020. The first-order valence-electron chi connectivity index (χ1n) is 10.8. The van der Waals surface area contributed by atoms with Crippen LogP contribution in [0.4, 0.5) is 4.39 Å². The van der Waals surface area contributed by atoms with Crippen LogP contribution in [0.1, 0.15) is 51.8 Å². The second-order valence-corrected chi connectivity index (χ2v) is 9.35. The number of carbonyl (C=O) groups excluding carboxylic acids is 2. The van der Waals surface area contributed by atoms with Crippen molar-refractivity contribution in [2.24, 2.45) is 5.41 Å². The van der Waals surface area contributed by atoms with Crippen molar-refractivity contribution in [3.8, 4) is 5.75 Å². The van der Waals surface area contributed by atoms with E-state index in [4.69, 9.17) is 4.74 Å². The van der Waals surface area contributed by atoms with Crippen molar-refractivity contribution in [3.05, 3.63) is 76.8 Å². The summed E-state index contributed by atoms with van der Waals surface area (Å²) in [7, 11) is 0. The van der Waals surface area contributed by atoms with Crippen LogP contribution in [0.3, 0.4) is 0 Å². The minimum atomic E-state index is -0.768. The lowest BCUT2D eigenvalue weighted by Gasteiger charge is -2.29. The van der Waals surface area contributed by atoms with E-state index in [2.05, 4.69) is 0 Å². The molecule has 1 aliphatic heterocycles. The predicted octanol–water partition coefficient (Wildman–Crippen LogP) is 5.17. The zero-order valence-corrected chi connectivity index (χ0v) is 19.2. The van der Waals surface area contributed by atoms with Gasteiger partial charge in [0, 0.05) is 12.0 Å². The first-order valence-corrected chi connectivity index (χ1v) is 10.8. The smallest absolute Gasteiger partial charge is 0.290 e. The summed E-state index contributed by atoms with van der Waals surface area (Å²) in [4.78, 5) is 27.7. The minimum Gasteiger partial charge on any atom is -0.503 e. The van der Waals surface area contributed by atoms with Gasteiger partial charge in [-0.1, -0.05) is 45.0 Å². The Hall–Kier alpha value is -3.15. The number of Topliss-reactive ketones (excluding diaryl/α,β-unsaturated/α-hetero) is 1. The lowest BCUT2D eigenvalue weighted by molar-refractivity contribution is -0.129. The Morgan fingerprint density at radius 3 is 2.22 bits per heavy atom. The average Bonchev–Trinajstić information content (AvgIpc) is 2.97. The average molecular weight is 440 g/mol. The van der Waals surface area contributed by atoms with E-state index in [1.165, 1.54) is 17.0 Å². The Kier molecular flexibility index (Phi) is 6.72. The van der Waals surface area contributed by atoms with Gasteiger partial charge in [-0.2, -0.15) is 0 Å². The summed E-state index contributed by atoms with van der Waals surface area (Å²) in [5.74, 6) is -1.00. The van der Waals surface area contributed by atoms with Crippen molar-refractivity contribution in [2.45, 2.75) is 53.2 Å². The molecule has 170 valence electrons. The number of nitrogens with zero attached hydrogens (tertiary/aromatic N) is 1. The molecule has 1 heterocycles. The van der Waals surface area contributed by atoms with E-state index in [9.17, 15) is 19.1 Å². The number of benzene rings is 2. The third kappa shape index (κ3) is 5.01. The molecule has 0 bridgehead atoms. The van der Waals surface area contributed by atoms with E-state index in [1.807, 2.05) is 26.0 Å². The maximum Gasteiger partial charge on any atom is 0.290 e. The molecule has 1 N–H and O–H groups in total. The highest BCUT2D eigenvalue weighted by Crippen LogP contribution is 2.41. The number of ether oxygens (including phenoxy) is 1. The summed E-state index contributed by atoms with van der Waals surface area (Å²) in [6, 6.07) is 12.6. The Labute approximate surface area is 188 Å². The van der Waals surface area contributed by atoms with Crippen LogP contribution in [0.25, 0.3) is 0 Å². The highest BCUT2D eigenvalue weighted by Gasteiger charge is 2.45. The first-order chi connectivity index (χ1) is 15.0. The van der Waals surface area contributed by atoms with Gasteiger partial charge >= 0.3 is 0 Å². The normalized spacial score (nSPS) is 16.8. The maximum atomic E-state index is 13.2. The molecule has 0 saturated heterocycles. The summed E-state index contributed by atoms with van der Waals surface area (Å²) >= 11 is 0. The van der Waals surface area contributed by atoms with Crippen LogP contribution in [-0.4, -0.2) is 34.3 Å². The fourth-order valence-electron chi connectivity index (χ4n) is 3.77. The molecular formula is C26H30FNO4. The number of hydrogen-bond donors (Lipinski definition) is 1. The summed E-state index contributed by atoms with van der Waals surface area (Å²) in [5, 5.41) is 10.7. The monoisotopic (exact) mass is 439 g/mol. The molecule has 6 heteroatoms. The van der Waals surface area contributed by atoms with Gasteiger partial charge in [0.15, 0.2) is 11.5 Å². The SMILES string of the molecule is CC(C)Oc1ccc(C2C(C(=O)C(C)(C)C)=C(O)C(=O)N2CCc2ccc(F)cc2)cc1. The molecule has 32 heavy (non-hydrogen) atoms. The summed E-state index contributed by atoms with van der Waals surface area (Å²) in [6.07, 6.45) is 0.476. The van der Waals surface area contributed by atoms with Gasteiger partial charge < -0.3 is 14.7 Å². The number of aliphatic hydroxyl groups is 1. The first kappa shape index (κ1) is 23.5. The van der Waals surface area contributed by atoms with Crippen molar-refractivity contribution >= 4 is 11.7 Å². The van der Waals surface area contributed by atoms with Crippen molar-refractivity contribution in [1.29, 1.82) is 0 Å². The number of carbonyl (C=O) groups is 2. The molecule has 5 nitrogen and oxygen atoms in total. The number of rotatable bonds is 7. The number of hydrogen-bond acceptors (Lipinski definition) is 4. The predicted molar refractivity (Wildman–Crippen MR) is 121 cm³/mol.